The number of hydrogen-bond acceptors (Lipinski definition) is 6. The minimum absolute atomic E-state index is 0.0343. The van der Waals surface area contributed by atoms with E-state index in [1.54, 1.807) is 7.11 Å². The van der Waals surface area contributed by atoms with Gasteiger partial charge >= 0.3 is 0 Å². The highest BCUT2D eigenvalue weighted by molar-refractivity contribution is 5.84. The van der Waals surface area contributed by atoms with E-state index in [2.05, 4.69) is 39.4 Å². The Kier molecular flexibility index (Phi) is 8.45. The topological polar surface area (TPSA) is 79.7 Å². The summed E-state index contributed by atoms with van der Waals surface area (Å²) in [4.78, 5) is 36.4. The molecule has 4 aromatic rings. The zero-order valence-corrected chi connectivity index (χ0v) is 23.5. The maximum Gasteiger partial charge on any atom is 0.262 e. The van der Waals surface area contributed by atoms with Crippen LogP contribution < -0.4 is 20.5 Å². The number of ether oxygens (including phenoxy) is 1. The summed E-state index contributed by atoms with van der Waals surface area (Å²) >= 11 is 0. The molecular formula is C32H37N5O3. The van der Waals surface area contributed by atoms with E-state index in [0.29, 0.717) is 28.0 Å². The standard InChI is InChI=1S/C32H37N5O3/c1-23(2)33-30(38)22-37-31(25-11-7-12-27(19-25)40-3)34-29-14-13-26(20-28(29)32(37)39)36-16-8-15-35(17-18-36)21-24-9-5-4-6-10-24/h4-7,9-14,19-20,23H,8,15-18,21-22H2,1-3H3,(H,33,38). The van der Waals surface area contributed by atoms with Crippen molar-refractivity contribution in [3.05, 3.63) is 88.7 Å². The van der Waals surface area contributed by atoms with Crippen molar-refractivity contribution in [3.8, 4) is 17.1 Å². The van der Waals surface area contributed by atoms with Crippen LogP contribution in [-0.2, 0) is 17.9 Å². The van der Waals surface area contributed by atoms with Gasteiger partial charge in [0.15, 0.2) is 0 Å². The molecule has 0 atom stereocenters. The van der Waals surface area contributed by atoms with E-state index in [9.17, 15) is 9.59 Å². The normalized spacial score (nSPS) is 14.3. The van der Waals surface area contributed by atoms with Gasteiger partial charge < -0.3 is 15.0 Å². The lowest BCUT2D eigenvalue weighted by atomic mass is 10.1. The average Bonchev–Trinajstić information content (AvgIpc) is 3.20. The Morgan fingerprint density at radius 1 is 0.975 bits per heavy atom. The van der Waals surface area contributed by atoms with Crippen molar-refractivity contribution in [1.29, 1.82) is 0 Å². The van der Waals surface area contributed by atoms with Gasteiger partial charge in [0, 0.05) is 50.0 Å². The second kappa shape index (κ2) is 12.3. The van der Waals surface area contributed by atoms with Gasteiger partial charge in [-0.1, -0.05) is 42.5 Å². The fourth-order valence-corrected chi connectivity index (χ4v) is 5.27. The number of anilines is 1. The smallest absolute Gasteiger partial charge is 0.262 e. The van der Waals surface area contributed by atoms with E-state index in [1.165, 1.54) is 10.1 Å². The lowest BCUT2D eigenvalue weighted by Crippen LogP contribution is -2.37. The van der Waals surface area contributed by atoms with Crippen LogP contribution in [0.15, 0.2) is 77.6 Å². The van der Waals surface area contributed by atoms with Crippen LogP contribution in [0.25, 0.3) is 22.3 Å². The third-order valence-corrected chi connectivity index (χ3v) is 7.22. The number of carbonyl (C=O) groups excluding carboxylic acids is 1. The SMILES string of the molecule is COc1cccc(-c2nc3ccc(N4CCCN(Cc5ccccc5)CC4)cc3c(=O)n2CC(=O)NC(C)C)c1. The van der Waals surface area contributed by atoms with Gasteiger partial charge in [0.2, 0.25) is 5.91 Å². The summed E-state index contributed by atoms with van der Waals surface area (Å²) in [5.74, 6) is 0.863. The van der Waals surface area contributed by atoms with Gasteiger partial charge in [-0.05, 0) is 56.2 Å². The molecule has 0 spiro atoms. The fourth-order valence-electron chi connectivity index (χ4n) is 5.27. The van der Waals surface area contributed by atoms with Gasteiger partial charge in [0.25, 0.3) is 5.56 Å². The number of nitrogens with one attached hydrogen (secondary N) is 1. The molecule has 1 aliphatic heterocycles. The first-order valence-corrected chi connectivity index (χ1v) is 13.9. The molecule has 0 bridgehead atoms. The van der Waals surface area contributed by atoms with Crippen molar-refractivity contribution in [3.63, 3.8) is 0 Å². The number of fused-ring (bicyclic) bond motifs is 1. The van der Waals surface area contributed by atoms with Gasteiger partial charge in [-0.25, -0.2) is 4.98 Å². The van der Waals surface area contributed by atoms with Crippen molar-refractivity contribution >= 4 is 22.5 Å². The Balaban J connectivity index is 1.47. The van der Waals surface area contributed by atoms with Gasteiger partial charge in [-0.3, -0.25) is 19.1 Å². The molecule has 5 rings (SSSR count). The summed E-state index contributed by atoms with van der Waals surface area (Å²) in [6, 6.07) is 23.8. The maximum absolute atomic E-state index is 13.9. The monoisotopic (exact) mass is 539 g/mol. The van der Waals surface area contributed by atoms with Crippen molar-refractivity contribution in [1.82, 2.24) is 19.8 Å². The molecule has 208 valence electrons. The van der Waals surface area contributed by atoms with Crippen LogP contribution in [0.4, 0.5) is 5.69 Å². The Hall–Kier alpha value is -4.17. The Morgan fingerprint density at radius 3 is 2.58 bits per heavy atom. The van der Waals surface area contributed by atoms with Crippen LogP contribution in [0.3, 0.4) is 0 Å². The summed E-state index contributed by atoms with van der Waals surface area (Å²) in [6.07, 6.45) is 1.04. The molecule has 40 heavy (non-hydrogen) atoms. The third kappa shape index (κ3) is 6.34. The molecule has 1 aliphatic rings. The number of nitrogens with zero attached hydrogens (tertiary/aromatic N) is 4. The molecule has 1 aromatic heterocycles. The van der Waals surface area contributed by atoms with Crippen LogP contribution in [0.1, 0.15) is 25.8 Å². The minimum atomic E-state index is -0.232. The van der Waals surface area contributed by atoms with Gasteiger partial charge in [0.1, 0.15) is 18.1 Å². The highest BCUT2D eigenvalue weighted by Crippen LogP contribution is 2.26. The fraction of sp³-hybridized carbons (Fsp3) is 0.344. The molecule has 1 amide bonds. The second-order valence-corrected chi connectivity index (χ2v) is 10.6. The van der Waals surface area contributed by atoms with E-state index >= 15 is 0 Å². The van der Waals surface area contributed by atoms with Gasteiger partial charge in [-0.2, -0.15) is 0 Å². The van der Waals surface area contributed by atoms with Crippen LogP contribution in [0.2, 0.25) is 0 Å². The molecule has 0 saturated carbocycles. The number of rotatable bonds is 8. The number of methoxy groups -OCH3 is 1. The van der Waals surface area contributed by atoms with Gasteiger partial charge in [-0.15, -0.1) is 0 Å². The first kappa shape index (κ1) is 27.4. The summed E-state index contributed by atoms with van der Waals surface area (Å²) in [5, 5.41) is 3.40. The van der Waals surface area contributed by atoms with Crippen molar-refractivity contribution in [2.75, 3.05) is 38.2 Å². The van der Waals surface area contributed by atoms with Crippen LogP contribution >= 0.6 is 0 Å². The van der Waals surface area contributed by atoms with E-state index in [4.69, 9.17) is 9.72 Å². The maximum atomic E-state index is 13.9. The van der Waals surface area contributed by atoms with E-state index in [-0.39, 0.29) is 24.1 Å². The highest BCUT2D eigenvalue weighted by atomic mass is 16.5. The van der Waals surface area contributed by atoms with Crippen LogP contribution in [0, 0.1) is 0 Å². The summed E-state index contributed by atoms with van der Waals surface area (Å²) < 4.78 is 6.87. The summed E-state index contributed by atoms with van der Waals surface area (Å²) in [6.45, 7) is 8.38. The predicted octanol–water partition coefficient (Wildman–Crippen LogP) is 4.31. The zero-order chi connectivity index (χ0) is 28.1. The molecule has 1 saturated heterocycles. The molecule has 2 heterocycles. The first-order chi connectivity index (χ1) is 19.4. The number of benzene rings is 3. The molecule has 1 N–H and O–H groups in total. The molecule has 1 fully saturated rings. The first-order valence-electron chi connectivity index (χ1n) is 13.9. The Labute approximate surface area is 235 Å². The lowest BCUT2D eigenvalue weighted by molar-refractivity contribution is -0.122. The average molecular weight is 540 g/mol. The predicted molar refractivity (Wildman–Crippen MR) is 160 cm³/mol. The number of carbonyl (C=O) groups is 1. The Morgan fingerprint density at radius 2 is 1.80 bits per heavy atom. The molecule has 8 nitrogen and oxygen atoms in total. The largest absolute Gasteiger partial charge is 0.497 e. The molecular weight excluding hydrogens is 502 g/mol. The van der Waals surface area contributed by atoms with Gasteiger partial charge in [0.05, 0.1) is 18.0 Å². The van der Waals surface area contributed by atoms with Crippen LogP contribution in [0.5, 0.6) is 5.75 Å². The third-order valence-electron chi connectivity index (χ3n) is 7.22. The lowest BCUT2D eigenvalue weighted by Gasteiger charge is -2.24. The Bertz CT molecular complexity index is 1530. The zero-order valence-electron chi connectivity index (χ0n) is 23.5. The molecule has 0 radical (unpaired) electrons. The number of aromatic nitrogens is 2. The summed E-state index contributed by atoms with van der Waals surface area (Å²) in [5.41, 5.74) is 3.41. The minimum Gasteiger partial charge on any atom is -0.497 e. The highest BCUT2D eigenvalue weighted by Gasteiger charge is 2.20. The molecule has 3 aromatic carbocycles. The summed E-state index contributed by atoms with van der Waals surface area (Å²) in [7, 11) is 1.60. The van der Waals surface area contributed by atoms with Crippen molar-refractivity contribution < 1.29 is 9.53 Å². The number of hydrogen-bond donors (Lipinski definition) is 1. The van der Waals surface area contributed by atoms with E-state index < -0.39 is 0 Å². The van der Waals surface area contributed by atoms with E-state index in [0.717, 1.165) is 44.8 Å². The molecule has 0 aliphatic carbocycles. The molecule has 8 heteroatoms. The number of amides is 1. The molecule has 0 unspecified atom stereocenters. The van der Waals surface area contributed by atoms with Crippen molar-refractivity contribution in [2.45, 2.75) is 39.4 Å². The quantitative estimate of drug-likeness (QED) is 0.360. The van der Waals surface area contributed by atoms with Crippen molar-refractivity contribution in [2.24, 2.45) is 0 Å². The van der Waals surface area contributed by atoms with Crippen LogP contribution in [-0.4, -0.2) is 59.7 Å². The van der Waals surface area contributed by atoms with E-state index in [1.807, 2.05) is 62.4 Å². The second-order valence-electron chi connectivity index (χ2n) is 10.6.